The van der Waals surface area contributed by atoms with Crippen LogP contribution in [0.15, 0.2) is 36.4 Å². The highest BCUT2D eigenvalue weighted by molar-refractivity contribution is 6.31. The summed E-state index contributed by atoms with van der Waals surface area (Å²) >= 11 is 6.25. The molecule has 0 heterocycles. The molecule has 2 aromatic carbocycles. The fraction of sp³-hybridized carbons (Fsp3) is 0.333. The van der Waals surface area contributed by atoms with Crippen molar-refractivity contribution in [3.63, 3.8) is 0 Å². The second-order valence-electron chi connectivity index (χ2n) is 5.31. The monoisotopic (exact) mass is 303 g/mol. The van der Waals surface area contributed by atoms with E-state index < -0.39 is 0 Å². The van der Waals surface area contributed by atoms with Crippen molar-refractivity contribution in [2.24, 2.45) is 0 Å². The van der Waals surface area contributed by atoms with Crippen molar-refractivity contribution >= 4 is 11.6 Å². The first-order valence-electron chi connectivity index (χ1n) is 7.12. The zero-order valence-electron chi connectivity index (χ0n) is 13.0. The largest absolute Gasteiger partial charge is 0.496 e. The third kappa shape index (κ3) is 3.58. The lowest BCUT2D eigenvalue weighted by molar-refractivity contribution is 0.406. The van der Waals surface area contributed by atoms with E-state index in [1.165, 1.54) is 16.7 Å². The first-order chi connectivity index (χ1) is 10.1. The van der Waals surface area contributed by atoms with Crippen LogP contribution in [-0.4, -0.2) is 14.2 Å². The number of aryl methyl sites for hydroxylation is 1. The van der Waals surface area contributed by atoms with Gasteiger partial charge >= 0.3 is 0 Å². The van der Waals surface area contributed by atoms with Gasteiger partial charge in [0.15, 0.2) is 0 Å². The molecule has 0 aliphatic rings. The first-order valence-corrected chi connectivity index (χ1v) is 7.50. The SMILES string of the molecule is CNC(Cc1cc(C)ccc1OC)c1cccc(Cl)c1C. The van der Waals surface area contributed by atoms with Crippen LogP contribution >= 0.6 is 11.6 Å². The molecule has 0 spiro atoms. The molecule has 0 saturated carbocycles. The number of nitrogens with one attached hydrogen (secondary N) is 1. The Balaban J connectivity index is 2.35. The van der Waals surface area contributed by atoms with Gasteiger partial charge in [-0.3, -0.25) is 0 Å². The van der Waals surface area contributed by atoms with E-state index in [1.54, 1.807) is 7.11 Å². The van der Waals surface area contributed by atoms with Gasteiger partial charge in [-0.1, -0.05) is 41.4 Å². The number of rotatable bonds is 5. The molecule has 112 valence electrons. The summed E-state index contributed by atoms with van der Waals surface area (Å²) in [5, 5.41) is 4.20. The summed E-state index contributed by atoms with van der Waals surface area (Å²) in [7, 11) is 3.69. The van der Waals surface area contributed by atoms with Crippen LogP contribution in [0.1, 0.15) is 28.3 Å². The molecule has 2 nitrogen and oxygen atoms in total. The summed E-state index contributed by atoms with van der Waals surface area (Å²) in [5.74, 6) is 0.931. The lowest BCUT2D eigenvalue weighted by Gasteiger charge is -2.21. The van der Waals surface area contributed by atoms with Crippen molar-refractivity contribution in [2.75, 3.05) is 14.2 Å². The smallest absolute Gasteiger partial charge is 0.122 e. The highest BCUT2D eigenvalue weighted by Gasteiger charge is 2.16. The van der Waals surface area contributed by atoms with E-state index in [9.17, 15) is 0 Å². The van der Waals surface area contributed by atoms with E-state index in [4.69, 9.17) is 16.3 Å². The van der Waals surface area contributed by atoms with Crippen molar-refractivity contribution in [3.05, 3.63) is 63.7 Å². The topological polar surface area (TPSA) is 21.3 Å². The summed E-state index contributed by atoms with van der Waals surface area (Å²) < 4.78 is 5.48. The van der Waals surface area contributed by atoms with Crippen LogP contribution in [0.2, 0.25) is 5.02 Å². The van der Waals surface area contributed by atoms with Gasteiger partial charge in [0, 0.05) is 11.1 Å². The predicted octanol–water partition coefficient (Wildman–Crippen LogP) is 4.47. The van der Waals surface area contributed by atoms with Crippen LogP contribution in [-0.2, 0) is 6.42 Å². The lowest BCUT2D eigenvalue weighted by Crippen LogP contribution is -2.20. The van der Waals surface area contributed by atoms with Crippen LogP contribution in [0, 0.1) is 13.8 Å². The highest BCUT2D eigenvalue weighted by atomic mass is 35.5. The molecule has 0 bridgehead atoms. The molecule has 1 unspecified atom stereocenters. The molecule has 1 atom stereocenters. The summed E-state index contributed by atoms with van der Waals surface area (Å²) in [5.41, 5.74) is 4.80. The van der Waals surface area contributed by atoms with Crippen molar-refractivity contribution in [2.45, 2.75) is 26.3 Å². The zero-order chi connectivity index (χ0) is 15.4. The molecule has 3 heteroatoms. The predicted molar refractivity (Wildman–Crippen MR) is 89.4 cm³/mol. The maximum atomic E-state index is 6.25. The second kappa shape index (κ2) is 6.97. The molecular weight excluding hydrogens is 282 g/mol. The van der Waals surface area contributed by atoms with E-state index in [0.717, 1.165) is 22.8 Å². The standard InChI is InChI=1S/C18H22ClNO/c1-12-8-9-18(21-4)14(10-12)11-17(20-3)15-6-5-7-16(19)13(15)2/h5-10,17,20H,11H2,1-4H3. The third-order valence-electron chi connectivity index (χ3n) is 3.89. The van der Waals surface area contributed by atoms with Crippen LogP contribution in [0.25, 0.3) is 0 Å². The summed E-state index contributed by atoms with van der Waals surface area (Å²) in [4.78, 5) is 0. The molecular formula is C18H22ClNO. The van der Waals surface area contributed by atoms with Crippen LogP contribution in [0.3, 0.4) is 0 Å². The van der Waals surface area contributed by atoms with Crippen LogP contribution in [0.4, 0.5) is 0 Å². The minimum Gasteiger partial charge on any atom is -0.496 e. The molecule has 0 radical (unpaired) electrons. The minimum atomic E-state index is 0.208. The number of halogens is 1. The van der Waals surface area contributed by atoms with Gasteiger partial charge in [0.2, 0.25) is 0 Å². The molecule has 1 N–H and O–H groups in total. The minimum absolute atomic E-state index is 0.208. The Labute approximate surface area is 132 Å². The second-order valence-corrected chi connectivity index (χ2v) is 5.72. The Morgan fingerprint density at radius 2 is 1.95 bits per heavy atom. The molecule has 0 aromatic heterocycles. The Morgan fingerprint density at radius 3 is 2.62 bits per heavy atom. The van der Waals surface area contributed by atoms with Gasteiger partial charge in [-0.15, -0.1) is 0 Å². The molecule has 21 heavy (non-hydrogen) atoms. The van der Waals surface area contributed by atoms with E-state index in [-0.39, 0.29) is 6.04 Å². The fourth-order valence-electron chi connectivity index (χ4n) is 2.66. The van der Waals surface area contributed by atoms with Gasteiger partial charge in [0.1, 0.15) is 5.75 Å². The highest BCUT2D eigenvalue weighted by Crippen LogP contribution is 2.29. The molecule has 0 fully saturated rings. The van der Waals surface area contributed by atoms with Crippen molar-refractivity contribution in [1.29, 1.82) is 0 Å². The number of methoxy groups -OCH3 is 1. The van der Waals surface area contributed by atoms with Crippen molar-refractivity contribution < 1.29 is 4.74 Å². The molecule has 0 amide bonds. The van der Waals surface area contributed by atoms with Gasteiger partial charge < -0.3 is 10.1 Å². The van der Waals surface area contributed by atoms with Crippen molar-refractivity contribution in [3.8, 4) is 5.75 Å². The Kier molecular flexibility index (Phi) is 5.27. The quantitative estimate of drug-likeness (QED) is 0.880. The number of likely N-dealkylation sites (N-methyl/N-ethyl adjacent to an activating group) is 1. The Morgan fingerprint density at radius 1 is 1.19 bits per heavy atom. The van der Waals surface area contributed by atoms with Crippen molar-refractivity contribution in [1.82, 2.24) is 5.32 Å². The van der Waals surface area contributed by atoms with Gasteiger partial charge in [0.05, 0.1) is 7.11 Å². The van der Waals surface area contributed by atoms with Gasteiger partial charge in [-0.05, 0) is 56.1 Å². The lowest BCUT2D eigenvalue weighted by atomic mass is 9.94. The average molecular weight is 304 g/mol. The fourth-order valence-corrected chi connectivity index (χ4v) is 2.84. The normalized spacial score (nSPS) is 12.2. The Hall–Kier alpha value is -1.51. The number of hydrogen-bond acceptors (Lipinski definition) is 2. The summed E-state index contributed by atoms with van der Waals surface area (Å²) in [6.45, 7) is 4.16. The Bertz CT molecular complexity index is 625. The maximum absolute atomic E-state index is 6.25. The molecule has 0 saturated heterocycles. The molecule has 2 aromatic rings. The third-order valence-corrected chi connectivity index (χ3v) is 4.30. The number of benzene rings is 2. The number of hydrogen-bond donors (Lipinski definition) is 1. The zero-order valence-corrected chi connectivity index (χ0v) is 13.8. The van der Waals surface area contributed by atoms with E-state index in [2.05, 4.69) is 37.4 Å². The molecule has 0 aliphatic carbocycles. The van der Waals surface area contributed by atoms with E-state index in [0.29, 0.717) is 0 Å². The van der Waals surface area contributed by atoms with Crippen LogP contribution in [0.5, 0.6) is 5.75 Å². The van der Waals surface area contributed by atoms with E-state index in [1.807, 2.05) is 25.2 Å². The average Bonchev–Trinajstić information content (AvgIpc) is 2.48. The molecule has 0 aliphatic heterocycles. The van der Waals surface area contributed by atoms with Gasteiger partial charge in [0.25, 0.3) is 0 Å². The van der Waals surface area contributed by atoms with E-state index >= 15 is 0 Å². The van der Waals surface area contributed by atoms with Gasteiger partial charge in [-0.25, -0.2) is 0 Å². The maximum Gasteiger partial charge on any atom is 0.122 e. The summed E-state index contributed by atoms with van der Waals surface area (Å²) in [6, 6.07) is 12.6. The molecule has 2 rings (SSSR count). The van der Waals surface area contributed by atoms with Crippen LogP contribution < -0.4 is 10.1 Å². The summed E-state index contributed by atoms with van der Waals surface area (Å²) in [6.07, 6.45) is 0.864. The number of ether oxygens (including phenoxy) is 1. The first kappa shape index (κ1) is 15.9. The van der Waals surface area contributed by atoms with Gasteiger partial charge in [-0.2, -0.15) is 0 Å².